The number of rotatable bonds is 3. The van der Waals surface area contributed by atoms with Gasteiger partial charge in [0.25, 0.3) is 0 Å². The second-order valence-electron chi connectivity index (χ2n) is 3.48. The molecule has 0 spiro atoms. The highest BCUT2D eigenvalue weighted by Gasteiger charge is 2.31. The van der Waals surface area contributed by atoms with E-state index in [1.165, 1.54) is 12.4 Å². The van der Waals surface area contributed by atoms with Crippen molar-refractivity contribution in [3.8, 4) is 0 Å². The number of carbonyl (C=O) groups is 1. The number of aliphatic hydroxyl groups is 1. The molecule has 0 saturated heterocycles. The third kappa shape index (κ3) is 1.88. The Balaban J connectivity index is 3.02. The first kappa shape index (κ1) is 10.6. The number of hydrogen-bond donors (Lipinski definition) is 2. The lowest BCUT2D eigenvalue weighted by atomic mass is 9.90. The van der Waals surface area contributed by atoms with Gasteiger partial charge >= 0.3 is 5.97 Å². The Morgan fingerprint density at radius 1 is 1.43 bits per heavy atom. The second kappa shape index (κ2) is 3.71. The van der Waals surface area contributed by atoms with Gasteiger partial charge < -0.3 is 10.2 Å². The van der Waals surface area contributed by atoms with E-state index in [4.69, 9.17) is 10.2 Å². The first-order chi connectivity index (χ1) is 6.48. The predicted molar refractivity (Wildman–Crippen MR) is 48.6 cm³/mol. The van der Waals surface area contributed by atoms with Gasteiger partial charge in [-0.05, 0) is 13.8 Å². The average molecular weight is 196 g/mol. The van der Waals surface area contributed by atoms with Gasteiger partial charge in [0.15, 0.2) is 0 Å². The summed E-state index contributed by atoms with van der Waals surface area (Å²) in [6.07, 6.45) is 2.75. The summed E-state index contributed by atoms with van der Waals surface area (Å²) in [5.41, 5.74) is -0.252. The average Bonchev–Trinajstić information content (AvgIpc) is 2.17. The van der Waals surface area contributed by atoms with Crippen LogP contribution in [0.15, 0.2) is 12.4 Å². The molecular formula is C9H12N2O3. The summed E-state index contributed by atoms with van der Waals surface area (Å²) in [7, 11) is 0. The van der Waals surface area contributed by atoms with Crippen LogP contribution >= 0.6 is 0 Å². The Morgan fingerprint density at radius 3 is 2.43 bits per heavy atom. The van der Waals surface area contributed by atoms with Crippen LogP contribution in [-0.2, 0) is 16.8 Å². The number of carboxylic acid groups (broad SMARTS) is 1. The lowest BCUT2D eigenvalue weighted by Crippen LogP contribution is -2.29. The van der Waals surface area contributed by atoms with Gasteiger partial charge in [0.1, 0.15) is 5.41 Å². The number of carboxylic acids is 1. The van der Waals surface area contributed by atoms with Crippen LogP contribution in [0.3, 0.4) is 0 Å². The number of aliphatic carboxylic acids is 1. The number of aliphatic hydroxyl groups excluding tert-OH is 1. The SMILES string of the molecule is CC(C)(C(=O)O)c1cnc(CO)cn1. The van der Waals surface area contributed by atoms with Crippen molar-refractivity contribution in [3.05, 3.63) is 23.8 Å². The van der Waals surface area contributed by atoms with Crippen LogP contribution in [0, 0.1) is 0 Å². The molecular weight excluding hydrogens is 184 g/mol. The molecule has 0 bridgehead atoms. The fourth-order valence-electron chi connectivity index (χ4n) is 0.869. The van der Waals surface area contributed by atoms with Gasteiger partial charge in [-0.2, -0.15) is 0 Å². The Morgan fingerprint density at radius 2 is 2.07 bits per heavy atom. The van der Waals surface area contributed by atoms with E-state index in [2.05, 4.69) is 9.97 Å². The van der Waals surface area contributed by atoms with Gasteiger partial charge in [-0.15, -0.1) is 0 Å². The van der Waals surface area contributed by atoms with Crippen LogP contribution in [0.1, 0.15) is 25.2 Å². The molecule has 0 saturated carbocycles. The molecule has 76 valence electrons. The minimum absolute atomic E-state index is 0.194. The van der Waals surface area contributed by atoms with Crippen molar-refractivity contribution in [2.75, 3.05) is 0 Å². The molecule has 2 N–H and O–H groups in total. The summed E-state index contributed by atoms with van der Waals surface area (Å²) in [5, 5.41) is 17.6. The molecule has 0 aliphatic carbocycles. The lowest BCUT2D eigenvalue weighted by molar-refractivity contribution is -0.142. The van der Waals surface area contributed by atoms with E-state index in [0.717, 1.165) is 0 Å². The van der Waals surface area contributed by atoms with Crippen molar-refractivity contribution in [2.24, 2.45) is 0 Å². The first-order valence-corrected chi connectivity index (χ1v) is 4.14. The molecule has 0 atom stereocenters. The van der Waals surface area contributed by atoms with Gasteiger partial charge in [0.2, 0.25) is 0 Å². The molecule has 0 aromatic carbocycles. The minimum Gasteiger partial charge on any atom is -0.481 e. The molecule has 1 heterocycles. The van der Waals surface area contributed by atoms with Crippen LogP contribution in [0.5, 0.6) is 0 Å². The van der Waals surface area contributed by atoms with Crippen LogP contribution in [-0.4, -0.2) is 26.2 Å². The Kier molecular flexibility index (Phi) is 2.81. The molecule has 0 unspecified atom stereocenters. The van der Waals surface area contributed by atoms with Crippen molar-refractivity contribution in [3.63, 3.8) is 0 Å². The van der Waals surface area contributed by atoms with Crippen LogP contribution in [0.4, 0.5) is 0 Å². The maximum Gasteiger partial charge on any atom is 0.315 e. The third-order valence-corrected chi connectivity index (χ3v) is 2.04. The molecule has 0 fully saturated rings. The van der Waals surface area contributed by atoms with E-state index in [1.54, 1.807) is 13.8 Å². The minimum atomic E-state index is -1.05. The summed E-state index contributed by atoms with van der Waals surface area (Å²) in [5.74, 6) is -0.955. The number of hydrogen-bond acceptors (Lipinski definition) is 4. The zero-order chi connectivity index (χ0) is 10.8. The molecule has 5 nitrogen and oxygen atoms in total. The van der Waals surface area contributed by atoms with E-state index >= 15 is 0 Å². The zero-order valence-corrected chi connectivity index (χ0v) is 8.06. The van der Waals surface area contributed by atoms with Crippen LogP contribution < -0.4 is 0 Å². The van der Waals surface area contributed by atoms with Crippen molar-refractivity contribution in [1.29, 1.82) is 0 Å². The van der Waals surface area contributed by atoms with E-state index in [-0.39, 0.29) is 6.61 Å². The Bertz CT molecular complexity index is 332. The largest absolute Gasteiger partial charge is 0.481 e. The van der Waals surface area contributed by atoms with Crippen molar-refractivity contribution >= 4 is 5.97 Å². The van der Waals surface area contributed by atoms with E-state index in [1.807, 2.05) is 0 Å². The summed E-state index contributed by atoms with van der Waals surface area (Å²) in [4.78, 5) is 18.7. The number of nitrogens with zero attached hydrogens (tertiary/aromatic N) is 2. The Hall–Kier alpha value is -1.49. The van der Waals surface area contributed by atoms with Gasteiger partial charge in [0, 0.05) is 6.20 Å². The zero-order valence-electron chi connectivity index (χ0n) is 8.06. The molecule has 5 heteroatoms. The quantitative estimate of drug-likeness (QED) is 0.727. The fourth-order valence-corrected chi connectivity index (χ4v) is 0.869. The lowest BCUT2D eigenvalue weighted by Gasteiger charge is -2.17. The normalized spacial score (nSPS) is 11.4. The summed E-state index contributed by atoms with van der Waals surface area (Å²) in [6.45, 7) is 2.91. The molecule has 0 amide bonds. The second-order valence-corrected chi connectivity index (χ2v) is 3.48. The van der Waals surface area contributed by atoms with Crippen molar-refractivity contribution < 1.29 is 15.0 Å². The molecule has 0 aliphatic rings. The van der Waals surface area contributed by atoms with Gasteiger partial charge in [0.05, 0.1) is 24.2 Å². The highest BCUT2D eigenvalue weighted by atomic mass is 16.4. The van der Waals surface area contributed by atoms with E-state index in [0.29, 0.717) is 11.4 Å². The van der Waals surface area contributed by atoms with E-state index < -0.39 is 11.4 Å². The summed E-state index contributed by atoms with van der Waals surface area (Å²) < 4.78 is 0. The standard InChI is InChI=1S/C9H12N2O3/c1-9(2,8(13)14)7-4-10-6(5-12)3-11-7/h3-4,12H,5H2,1-2H3,(H,13,14). The maximum atomic E-state index is 10.9. The van der Waals surface area contributed by atoms with Crippen molar-refractivity contribution in [2.45, 2.75) is 25.9 Å². The Labute approximate surface area is 81.4 Å². The first-order valence-electron chi connectivity index (χ1n) is 4.14. The van der Waals surface area contributed by atoms with Gasteiger partial charge in [-0.3, -0.25) is 14.8 Å². The smallest absolute Gasteiger partial charge is 0.315 e. The molecule has 1 aromatic rings. The molecule has 0 aliphatic heterocycles. The highest BCUT2D eigenvalue weighted by Crippen LogP contribution is 2.20. The molecule has 0 radical (unpaired) electrons. The summed E-state index contributed by atoms with van der Waals surface area (Å²) >= 11 is 0. The van der Waals surface area contributed by atoms with E-state index in [9.17, 15) is 4.79 Å². The monoisotopic (exact) mass is 196 g/mol. The fraction of sp³-hybridized carbons (Fsp3) is 0.444. The molecule has 1 rings (SSSR count). The van der Waals surface area contributed by atoms with Crippen LogP contribution in [0.25, 0.3) is 0 Å². The molecule has 1 aromatic heterocycles. The van der Waals surface area contributed by atoms with Gasteiger partial charge in [-0.25, -0.2) is 0 Å². The number of aromatic nitrogens is 2. The molecule has 14 heavy (non-hydrogen) atoms. The summed E-state index contributed by atoms with van der Waals surface area (Å²) in [6, 6.07) is 0. The predicted octanol–water partition coefficient (Wildman–Crippen LogP) is 0.331. The van der Waals surface area contributed by atoms with Crippen LogP contribution in [0.2, 0.25) is 0 Å². The maximum absolute atomic E-state index is 10.9. The van der Waals surface area contributed by atoms with Crippen molar-refractivity contribution in [1.82, 2.24) is 9.97 Å². The third-order valence-electron chi connectivity index (χ3n) is 2.04. The highest BCUT2D eigenvalue weighted by molar-refractivity contribution is 5.79. The van der Waals surface area contributed by atoms with Gasteiger partial charge in [-0.1, -0.05) is 0 Å². The topological polar surface area (TPSA) is 83.3 Å².